The van der Waals surface area contributed by atoms with Gasteiger partial charge in [0.2, 0.25) is 0 Å². The third-order valence-corrected chi connectivity index (χ3v) is 15.2. The van der Waals surface area contributed by atoms with E-state index in [1.807, 2.05) is 60.4 Å². The van der Waals surface area contributed by atoms with Crippen LogP contribution in [0, 0.1) is 40.2 Å². The molecule has 5 unspecified atom stereocenters. The van der Waals surface area contributed by atoms with E-state index < -0.39 is 34.5 Å². The average Bonchev–Trinajstić information content (AvgIpc) is 3.42. The molecule has 6 bridgehead atoms. The number of fused-ring (bicyclic) bond motifs is 8. The van der Waals surface area contributed by atoms with Gasteiger partial charge in [0, 0.05) is 23.1 Å². The minimum atomic E-state index is -1.29. The lowest BCUT2D eigenvalue weighted by Gasteiger charge is -2.58. The molecule has 7 aliphatic rings. The SMILES string of the molecule is CC1=CCCC2(C)C(CCC2(O)CN(CC23CC4CC(CC(C4)C2)C3)C(=O)NC(C)c2ccccc2)c2ccc(cc2C(=O)c2ccc(F)c(F)c2)CC(O)CC1. The maximum absolute atomic E-state index is 14.7. The largest absolute Gasteiger partial charge is 0.393 e. The third kappa shape index (κ3) is 7.98. The normalized spacial score (nSPS) is 32.6. The van der Waals surface area contributed by atoms with Crippen molar-refractivity contribution in [3.63, 3.8) is 0 Å². The lowest BCUT2D eigenvalue weighted by atomic mass is 9.49. The van der Waals surface area contributed by atoms with Crippen LogP contribution in [0.4, 0.5) is 13.6 Å². The number of carbonyl (C=O) groups excluding carboxylic acids is 2. The van der Waals surface area contributed by atoms with Gasteiger partial charge in [-0.25, -0.2) is 13.6 Å². The molecule has 10 rings (SSSR count). The van der Waals surface area contributed by atoms with Crippen molar-refractivity contribution in [2.75, 3.05) is 13.1 Å². The Morgan fingerprint density at radius 3 is 2.28 bits per heavy atom. The van der Waals surface area contributed by atoms with Gasteiger partial charge in [-0.2, -0.15) is 0 Å². The molecule has 0 aromatic heterocycles. The van der Waals surface area contributed by atoms with Gasteiger partial charge in [0.1, 0.15) is 0 Å². The molecule has 3 N–H and O–H groups in total. The van der Waals surface area contributed by atoms with Crippen LogP contribution >= 0.6 is 0 Å². The second kappa shape index (κ2) is 15.7. The molecule has 3 aromatic carbocycles. The first-order valence-electron chi connectivity index (χ1n) is 21.5. The Morgan fingerprint density at radius 1 is 0.895 bits per heavy atom. The lowest BCUT2D eigenvalue weighted by molar-refractivity contribution is -0.0985. The van der Waals surface area contributed by atoms with Crippen LogP contribution in [0.15, 0.2) is 78.4 Å². The van der Waals surface area contributed by atoms with E-state index in [1.54, 1.807) is 0 Å². The van der Waals surface area contributed by atoms with E-state index in [4.69, 9.17) is 0 Å². The fraction of sp³-hybridized carbons (Fsp3) is 0.551. The van der Waals surface area contributed by atoms with Crippen molar-refractivity contribution in [2.24, 2.45) is 28.6 Å². The molecule has 0 aliphatic heterocycles. The van der Waals surface area contributed by atoms with Crippen LogP contribution in [0.1, 0.15) is 142 Å². The number of amides is 2. The van der Waals surface area contributed by atoms with E-state index in [1.165, 1.54) is 30.9 Å². The van der Waals surface area contributed by atoms with Gasteiger partial charge in [0.15, 0.2) is 17.4 Å². The summed E-state index contributed by atoms with van der Waals surface area (Å²) < 4.78 is 28.6. The molecule has 5 atom stereocenters. The summed E-state index contributed by atoms with van der Waals surface area (Å²) in [6.45, 7) is 7.03. The minimum absolute atomic E-state index is 0.0465. The molecular weight excluding hydrogens is 719 g/mol. The molecule has 57 heavy (non-hydrogen) atoms. The molecule has 0 spiro atoms. The predicted octanol–water partition coefficient (Wildman–Crippen LogP) is 10.2. The van der Waals surface area contributed by atoms with Crippen LogP contribution in [0.2, 0.25) is 0 Å². The van der Waals surface area contributed by atoms with Crippen LogP contribution in [0.25, 0.3) is 0 Å². The fourth-order valence-electron chi connectivity index (χ4n) is 12.5. The Hall–Kier alpha value is -3.88. The second-order valence-electron chi connectivity index (χ2n) is 19.3. The van der Waals surface area contributed by atoms with Crippen LogP contribution in [0.3, 0.4) is 0 Å². The number of nitrogens with one attached hydrogen (secondary N) is 1. The monoisotopic (exact) mass is 778 g/mol. The van der Waals surface area contributed by atoms with E-state index in [0.717, 1.165) is 54.5 Å². The van der Waals surface area contributed by atoms with E-state index in [9.17, 15) is 28.6 Å². The Labute approximate surface area is 337 Å². The Balaban J connectivity index is 1.18. The number of hydrogen-bond donors (Lipinski definition) is 3. The van der Waals surface area contributed by atoms with Crippen LogP contribution in [0.5, 0.6) is 0 Å². The van der Waals surface area contributed by atoms with Crippen molar-refractivity contribution in [3.8, 4) is 0 Å². The third-order valence-electron chi connectivity index (χ3n) is 15.2. The highest BCUT2D eigenvalue weighted by molar-refractivity contribution is 6.10. The molecule has 0 radical (unpaired) electrons. The Bertz CT molecular complexity index is 1980. The number of urea groups is 1. The highest BCUT2D eigenvalue weighted by Crippen LogP contribution is 2.62. The van der Waals surface area contributed by atoms with E-state index in [0.29, 0.717) is 68.4 Å². The Kier molecular flexibility index (Phi) is 11.0. The van der Waals surface area contributed by atoms with Crippen molar-refractivity contribution in [1.29, 1.82) is 0 Å². The lowest BCUT2D eigenvalue weighted by Crippen LogP contribution is -2.59. The zero-order chi connectivity index (χ0) is 40.1. The zero-order valence-corrected chi connectivity index (χ0v) is 33.9. The summed E-state index contributed by atoms with van der Waals surface area (Å²) in [5.41, 5.74) is 2.19. The summed E-state index contributed by atoms with van der Waals surface area (Å²) in [5.74, 6) is -0.651. The van der Waals surface area contributed by atoms with Crippen molar-refractivity contribution in [2.45, 2.75) is 128 Å². The Morgan fingerprint density at radius 2 is 1.60 bits per heavy atom. The molecule has 0 saturated heterocycles. The first-order valence-corrected chi connectivity index (χ1v) is 21.5. The number of aliphatic hydroxyl groups excluding tert-OH is 1. The zero-order valence-electron chi connectivity index (χ0n) is 33.9. The van der Waals surface area contributed by atoms with E-state index in [2.05, 4.69) is 25.2 Å². The topological polar surface area (TPSA) is 89.9 Å². The molecule has 0 heterocycles. The number of rotatable bonds is 8. The summed E-state index contributed by atoms with van der Waals surface area (Å²) in [7, 11) is 0. The summed E-state index contributed by atoms with van der Waals surface area (Å²) in [6.07, 6.45) is 12.9. The van der Waals surface area contributed by atoms with Crippen molar-refractivity contribution in [3.05, 3.63) is 118 Å². The summed E-state index contributed by atoms with van der Waals surface area (Å²) in [5, 5.41) is 27.7. The van der Waals surface area contributed by atoms with E-state index >= 15 is 0 Å². The number of nitrogens with zero attached hydrogens (tertiary/aromatic N) is 1. The number of benzene rings is 3. The molecule has 5 saturated carbocycles. The molecular formula is C49H60F2N2O4. The standard InChI is InChI=1S/C49H60F2N2O4/c1-31-8-7-18-47(3)42(40-15-12-33(23-39(54)14-11-31)24-41(40)45(55)38-13-16-43(50)44(51)25-38)17-19-49(47,57)30-53(46(56)52-32(2)37-9-5-4-6-10-37)29-48-26-34-20-35(27-48)22-36(21-34)28-48/h4-6,8-10,12-13,15-16,24-25,32,34-36,39,42,54,57H,7,11,14,17-23,26-30H2,1-3H3,(H,52,56). The smallest absolute Gasteiger partial charge is 0.317 e. The van der Waals surface area contributed by atoms with Crippen molar-refractivity contribution >= 4 is 11.8 Å². The molecule has 5 fully saturated rings. The van der Waals surface area contributed by atoms with Gasteiger partial charge >= 0.3 is 6.03 Å². The van der Waals surface area contributed by atoms with Crippen LogP contribution in [-0.2, 0) is 6.42 Å². The summed E-state index contributed by atoms with van der Waals surface area (Å²) in [4.78, 5) is 31.1. The maximum atomic E-state index is 14.7. The number of aliphatic hydroxyl groups is 2. The number of carbonyl (C=O) groups is 2. The first-order chi connectivity index (χ1) is 27.2. The molecule has 6 nitrogen and oxygen atoms in total. The first kappa shape index (κ1) is 39.9. The highest BCUT2D eigenvalue weighted by atomic mass is 19.2. The highest BCUT2D eigenvalue weighted by Gasteiger charge is 2.59. The maximum Gasteiger partial charge on any atom is 0.317 e. The molecule has 7 aliphatic carbocycles. The summed E-state index contributed by atoms with van der Waals surface area (Å²) >= 11 is 0. The van der Waals surface area contributed by atoms with Gasteiger partial charge in [-0.15, -0.1) is 0 Å². The second-order valence-corrected chi connectivity index (χ2v) is 19.3. The van der Waals surface area contributed by atoms with Crippen molar-refractivity contribution < 1.29 is 28.6 Å². The number of halogens is 2. The molecule has 2 amide bonds. The molecule has 304 valence electrons. The molecule has 3 aromatic rings. The quantitative estimate of drug-likeness (QED) is 0.157. The number of ketones is 1. The average molecular weight is 779 g/mol. The van der Waals surface area contributed by atoms with Crippen LogP contribution < -0.4 is 5.32 Å². The van der Waals surface area contributed by atoms with Gasteiger partial charge in [-0.05, 0) is 167 Å². The fourth-order valence-corrected chi connectivity index (χ4v) is 12.5. The van der Waals surface area contributed by atoms with Gasteiger partial charge in [0.05, 0.1) is 24.3 Å². The molecule has 8 heteroatoms. The van der Waals surface area contributed by atoms with Gasteiger partial charge in [-0.3, -0.25) is 4.79 Å². The van der Waals surface area contributed by atoms with Gasteiger partial charge < -0.3 is 20.4 Å². The number of allylic oxidation sites excluding steroid dienone is 2. The summed E-state index contributed by atoms with van der Waals surface area (Å²) in [6, 6.07) is 18.6. The van der Waals surface area contributed by atoms with Gasteiger partial charge in [0.25, 0.3) is 0 Å². The van der Waals surface area contributed by atoms with Crippen LogP contribution in [-0.4, -0.2) is 51.7 Å². The van der Waals surface area contributed by atoms with Gasteiger partial charge in [-0.1, -0.05) is 61.0 Å². The van der Waals surface area contributed by atoms with Crippen molar-refractivity contribution in [1.82, 2.24) is 10.2 Å². The minimum Gasteiger partial charge on any atom is -0.393 e. The predicted molar refractivity (Wildman–Crippen MR) is 219 cm³/mol. The number of hydrogen-bond acceptors (Lipinski definition) is 4. The van der Waals surface area contributed by atoms with E-state index in [-0.39, 0.29) is 35.5 Å².